The summed E-state index contributed by atoms with van der Waals surface area (Å²) < 4.78 is 0. The van der Waals surface area contributed by atoms with E-state index in [1.807, 2.05) is 0 Å². The van der Waals surface area contributed by atoms with Crippen molar-refractivity contribution in [3.05, 3.63) is 11.6 Å². The minimum absolute atomic E-state index is 0.911. The summed E-state index contributed by atoms with van der Waals surface area (Å²) in [6, 6.07) is 0. The van der Waals surface area contributed by atoms with Crippen LogP contribution < -0.4 is 0 Å². The third-order valence-corrected chi connectivity index (χ3v) is 2.00. The lowest BCUT2D eigenvalue weighted by molar-refractivity contribution is 0.630. The quantitative estimate of drug-likeness (QED) is 0.402. The first kappa shape index (κ1) is 3.71. The number of fused-ring (bicyclic) bond motifs is 1. The Morgan fingerprint density at radius 3 is 2.86 bits per heavy atom. The Labute approximate surface area is 44.2 Å². The van der Waals surface area contributed by atoms with Crippen LogP contribution in [-0.2, 0) is 0 Å². The van der Waals surface area contributed by atoms with Crippen molar-refractivity contribution in [2.24, 2.45) is 11.8 Å². The molecule has 38 valence electrons. The van der Waals surface area contributed by atoms with E-state index in [0.29, 0.717) is 0 Å². The summed E-state index contributed by atoms with van der Waals surface area (Å²) >= 11 is 0. The van der Waals surface area contributed by atoms with Gasteiger partial charge in [-0.2, -0.15) is 0 Å². The third-order valence-electron chi connectivity index (χ3n) is 2.00. The third kappa shape index (κ3) is 0.425. The van der Waals surface area contributed by atoms with Crippen LogP contribution >= 0.6 is 0 Å². The Morgan fingerprint density at radius 1 is 1.71 bits per heavy atom. The van der Waals surface area contributed by atoms with Gasteiger partial charge in [0, 0.05) is 0 Å². The summed E-state index contributed by atoms with van der Waals surface area (Å²) in [6.45, 7) is 2.30. The zero-order chi connectivity index (χ0) is 4.85. The highest BCUT2D eigenvalue weighted by Crippen LogP contribution is 2.48. The maximum atomic E-state index is 2.44. The Balaban J connectivity index is 2.23. The maximum Gasteiger partial charge on any atom is -0.0160 e. The van der Waals surface area contributed by atoms with E-state index in [2.05, 4.69) is 13.0 Å². The minimum Gasteiger partial charge on any atom is -0.0822 e. The van der Waals surface area contributed by atoms with Crippen molar-refractivity contribution in [2.75, 3.05) is 0 Å². The molecule has 0 aliphatic heterocycles. The van der Waals surface area contributed by atoms with Crippen LogP contribution in [0.5, 0.6) is 0 Å². The van der Waals surface area contributed by atoms with Crippen LogP contribution in [0, 0.1) is 11.8 Å². The molecule has 2 rings (SSSR count). The standard InChI is InChI=1S/C7H10/c1-5-2-6-4-7(6)3-5/h2,5,7H,3-4H2,1H3/t5-,7-/m1/s1. The molecule has 1 saturated carbocycles. The second kappa shape index (κ2) is 0.936. The minimum atomic E-state index is 0.911. The smallest absolute Gasteiger partial charge is 0.0160 e. The molecule has 0 bridgehead atoms. The van der Waals surface area contributed by atoms with Gasteiger partial charge in [-0.05, 0) is 24.7 Å². The second-order valence-corrected chi connectivity index (χ2v) is 2.86. The van der Waals surface area contributed by atoms with Gasteiger partial charge in [0.05, 0.1) is 0 Å². The number of rotatable bonds is 0. The lowest BCUT2D eigenvalue weighted by atomic mass is 10.1. The molecule has 0 N–H and O–H groups in total. The lowest BCUT2D eigenvalue weighted by Gasteiger charge is -1.94. The zero-order valence-corrected chi connectivity index (χ0v) is 4.65. The van der Waals surface area contributed by atoms with Gasteiger partial charge in [0.25, 0.3) is 0 Å². The van der Waals surface area contributed by atoms with Crippen molar-refractivity contribution in [1.82, 2.24) is 0 Å². The van der Waals surface area contributed by atoms with Gasteiger partial charge >= 0.3 is 0 Å². The van der Waals surface area contributed by atoms with Gasteiger partial charge in [0.1, 0.15) is 0 Å². The largest absolute Gasteiger partial charge is 0.0822 e. The van der Waals surface area contributed by atoms with Crippen molar-refractivity contribution in [3.63, 3.8) is 0 Å². The van der Waals surface area contributed by atoms with Crippen LogP contribution in [0.2, 0.25) is 0 Å². The first-order valence-corrected chi connectivity index (χ1v) is 3.07. The van der Waals surface area contributed by atoms with E-state index in [-0.39, 0.29) is 0 Å². The summed E-state index contributed by atoms with van der Waals surface area (Å²) in [7, 11) is 0. The van der Waals surface area contributed by atoms with Gasteiger partial charge in [-0.25, -0.2) is 0 Å². The Bertz CT molecular complexity index is 122. The van der Waals surface area contributed by atoms with Crippen LogP contribution in [0.4, 0.5) is 0 Å². The van der Waals surface area contributed by atoms with Crippen molar-refractivity contribution >= 4 is 0 Å². The Morgan fingerprint density at radius 2 is 2.57 bits per heavy atom. The highest BCUT2D eigenvalue weighted by Gasteiger charge is 2.35. The van der Waals surface area contributed by atoms with Crippen LogP contribution in [0.1, 0.15) is 19.8 Å². The molecule has 0 heteroatoms. The molecule has 0 aromatic carbocycles. The van der Waals surface area contributed by atoms with Crippen LogP contribution in [0.15, 0.2) is 11.6 Å². The van der Waals surface area contributed by atoms with Crippen LogP contribution in [0.3, 0.4) is 0 Å². The fourth-order valence-electron chi connectivity index (χ4n) is 1.55. The molecular formula is C7H10. The summed E-state index contributed by atoms with van der Waals surface area (Å²) in [5, 5.41) is 0. The highest BCUT2D eigenvalue weighted by atomic mass is 14.4. The molecule has 2 aliphatic carbocycles. The first-order chi connectivity index (χ1) is 3.36. The van der Waals surface area contributed by atoms with E-state index in [1.165, 1.54) is 12.8 Å². The SMILES string of the molecule is C[C@@H]1C=C2C[C@H]2C1. The van der Waals surface area contributed by atoms with Crippen molar-refractivity contribution < 1.29 is 0 Å². The predicted molar refractivity (Wildman–Crippen MR) is 30.0 cm³/mol. The van der Waals surface area contributed by atoms with Gasteiger partial charge in [-0.15, -0.1) is 0 Å². The molecule has 2 aliphatic rings. The van der Waals surface area contributed by atoms with E-state index >= 15 is 0 Å². The number of hydrogen-bond acceptors (Lipinski definition) is 0. The van der Waals surface area contributed by atoms with Crippen LogP contribution in [-0.4, -0.2) is 0 Å². The summed E-state index contributed by atoms with van der Waals surface area (Å²) in [6.07, 6.45) is 5.32. The first-order valence-electron chi connectivity index (χ1n) is 3.07. The average molecular weight is 94.2 g/mol. The van der Waals surface area contributed by atoms with Gasteiger partial charge in [-0.3, -0.25) is 0 Å². The monoisotopic (exact) mass is 94.1 g/mol. The molecule has 0 radical (unpaired) electrons. The summed E-state index contributed by atoms with van der Waals surface area (Å²) in [5.74, 6) is 1.96. The average Bonchev–Trinajstić information content (AvgIpc) is 2.15. The molecule has 0 heterocycles. The molecular weight excluding hydrogens is 84.1 g/mol. The molecule has 1 fully saturated rings. The Kier molecular flexibility index (Phi) is 0.495. The molecule has 0 amide bonds. The molecule has 0 nitrogen and oxygen atoms in total. The van der Waals surface area contributed by atoms with Gasteiger partial charge in [0.15, 0.2) is 0 Å². The van der Waals surface area contributed by atoms with Gasteiger partial charge in [0.2, 0.25) is 0 Å². The number of hydrogen-bond donors (Lipinski definition) is 0. The van der Waals surface area contributed by atoms with E-state index in [0.717, 1.165) is 11.8 Å². The van der Waals surface area contributed by atoms with E-state index in [4.69, 9.17) is 0 Å². The van der Waals surface area contributed by atoms with E-state index in [9.17, 15) is 0 Å². The molecule has 7 heavy (non-hydrogen) atoms. The van der Waals surface area contributed by atoms with Crippen molar-refractivity contribution in [1.29, 1.82) is 0 Å². The molecule has 0 saturated heterocycles. The molecule has 0 aromatic heterocycles. The van der Waals surface area contributed by atoms with E-state index < -0.39 is 0 Å². The van der Waals surface area contributed by atoms with Crippen molar-refractivity contribution in [2.45, 2.75) is 19.8 Å². The second-order valence-electron chi connectivity index (χ2n) is 2.86. The fraction of sp³-hybridized carbons (Fsp3) is 0.714. The van der Waals surface area contributed by atoms with Gasteiger partial charge < -0.3 is 0 Å². The number of allylic oxidation sites excluding steroid dienone is 2. The van der Waals surface area contributed by atoms with Crippen LogP contribution in [0.25, 0.3) is 0 Å². The summed E-state index contributed by atoms with van der Waals surface area (Å²) in [5.41, 5.74) is 1.74. The maximum absolute atomic E-state index is 2.44. The van der Waals surface area contributed by atoms with Crippen molar-refractivity contribution in [3.8, 4) is 0 Å². The predicted octanol–water partition coefficient (Wildman–Crippen LogP) is 1.97. The molecule has 0 spiro atoms. The normalized spacial score (nSPS) is 45.6. The highest BCUT2D eigenvalue weighted by molar-refractivity contribution is 5.29. The van der Waals surface area contributed by atoms with E-state index in [1.54, 1.807) is 5.57 Å². The van der Waals surface area contributed by atoms with Gasteiger partial charge in [-0.1, -0.05) is 18.6 Å². The zero-order valence-electron chi connectivity index (χ0n) is 4.65. The Hall–Kier alpha value is -0.260. The molecule has 0 aromatic rings. The molecule has 2 atom stereocenters. The fourth-order valence-corrected chi connectivity index (χ4v) is 1.55. The summed E-state index contributed by atoms with van der Waals surface area (Å²) in [4.78, 5) is 0. The topological polar surface area (TPSA) is 0 Å². The molecule has 0 unspecified atom stereocenters. The lowest BCUT2D eigenvalue weighted by Crippen LogP contribution is -1.83.